The van der Waals surface area contributed by atoms with Crippen molar-refractivity contribution >= 4 is 23.3 Å². The second kappa shape index (κ2) is 8.10. The Kier molecular flexibility index (Phi) is 5.89. The van der Waals surface area contributed by atoms with Crippen LogP contribution < -0.4 is 10.6 Å². The van der Waals surface area contributed by atoms with Gasteiger partial charge in [-0.15, -0.1) is 0 Å². The summed E-state index contributed by atoms with van der Waals surface area (Å²) in [5.41, 5.74) is 2.06. The van der Waals surface area contributed by atoms with Gasteiger partial charge >= 0.3 is 5.97 Å². The quantitative estimate of drug-likeness (QED) is 0.797. The van der Waals surface area contributed by atoms with Gasteiger partial charge in [0.05, 0.1) is 30.2 Å². The number of carbonyl (C=O) groups is 2. The van der Waals surface area contributed by atoms with Crippen LogP contribution in [0.3, 0.4) is 0 Å². The maximum atomic E-state index is 12.0. The molecule has 0 saturated heterocycles. The van der Waals surface area contributed by atoms with E-state index in [-0.39, 0.29) is 11.9 Å². The van der Waals surface area contributed by atoms with E-state index in [1.54, 1.807) is 36.5 Å². The van der Waals surface area contributed by atoms with Crippen LogP contribution in [0.25, 0.3) is 0 Å². The van der Waals surface area contributed by atoms with Crippen molar-refractivity contribution in [2.75, 3.05) is 12.4 Å². The molecule has 0 fully saturated rings. The number of nitrogens with zero attached hydrogens (tertiary/aromatic N) is 1. The summed E-state index contributed by atoms with van der Waals surface area (Å²) in [5, 5.41) is 5.97. The molecule has 1 amide bonds. The van der Waals surface area contributed by atoms with Crippen LogP contribution in [0.4, 0.5) is 11.4 Å². The van der Waals surface area contributed by atoms with E-state index in [9.17, 15) is 9.59 Å². The summed E-state index contributed by atoms with van der Waals surface area (Å²) < 4.78 is 4.77. The predicted molar refractivity (Wildman–Crippen MR) is 92.5 cm³/mol. The standard InChI is InChI=1S/C18H21N3O3/c1-4-12(2)20-17(22)16-10-9-13(11-19-16)21-15-8-6-5-7-14(15)18(23)24-3/h5-12,21H,4H2,1-3H3,(H,20,22). The van der Waals surface area contributed by atoms with Crippen molar-refractivity contribution in [2.24, 2.45) is 0 Å². The smallest absolute Gasteiger partial charge is 0.339 e. The van der Waals surface area contributed by atoms with Gasteiger partial charge in [0.15, 0.2) is 0 Å². The van der Waals surface area contributed by atoms with E-state index < -0.39 is 5.97 Å². The molecule has 1 aromatic carbocycles. The Hall–Kier alpha value is -2.89. The molecule has 1 atom stereocenters. The van der Waals surface area contributed by atoms with E-state index in [1.165, 1.54) is 7.11 Å². The average Bonchev–Trinajstić information content (AvgIpc) is 2.62. The molecule has 1 unspecified atom stereocenters. The molecule has 126 valence electrons. The molecule has 0 aliphatic heterocycles. The zero-order valence-corrected chi connectivity index (χ0v) is 14.0. The van der Waals surface area contributed by atoms with Crippen molar-refractivity contribution in [2.45, 2.75) is 26.3 Å². The van der Waals surface area contributed by atoms with Gasteiger partial charge in [0.2, 0.25) is 0 Å². The molecule has 0 aliphatic carbocycles. The number of ether oxygens (including phenoxy) is 1. The van der Waals surface area contributed by atoms with Gasteiger partial charge in [0, 0.05) is 6.04 Å². The van der Waals surface area contributed by atoms with Crippen molar-refractivity contribution in [1.29, 1.82) is 0 Å². The maximum absolute atomic E-state index is 12.0. The summed E-state index contributed by atoms with van der Waals surface area (Å²) in [6.07, 6.45) is 2.41. The van der Waals surface area contributed by atoms with E-state index in [0.29, 0.717) is 22.6 Å². The van der Waals surface area contributed by atoms with Gasteiger partial charge in [0.1, 0.15) is 5.69 Å². The third-order valence-electron chi connectivity index (χ3n) is 3.60. The number of esters is 1. The van der Waals surface area contributed by atoms with Crippen LogP contribution in [0, 0.1) is 0 Å². The highest BCUT2D eigenvalue weighted by Crippen LogP contribution is 2.21. The number of pyridine rings is 1. The number of benzene rings is 1. The van der Waals surface area contributed by atoms with Gasteiger partial charge < -0.3 is 15.4 Å². The molecule has 2 N–H and O–H groups in total. The van der Waals surface area contributed by atoms with Crippen LogP contribution in [0.5, 0.6) is 0 Å². The molecule has 0 aliphatic rings. The number of para-hydroxylation sites is 1. The van der Waals surface area contributed by atoms with Gasteiger partial charge in [-0.1, -0.05) is 19.1 Å². The molecule has 0 bridgehead atoms. The zero-order chi connectivity index (χ0) is 17.5. The Morgan fingerprint density at radius 1 is 1.21 bits per heavy atom. The monoisotopic (exact) mass is 327 g/mol. The van der Waals surface area contributed by atoms with E-state index >= 15 is 0 Å². The summed E-state index contributed by atoms with van der Waals surface area (Å²) in [4.78, 5) is 27.9. The van der Waals surface area contributed by atoms with Crippen LogP contribution in [-0.2, 0) is 4.74 Å². The molecule has 6 heteroatoms. The molecule has 0 radical (unpaired) electrons. The number of hydrogen-bond donors (Lipinski definition) is 2. The Morgan fingerprint density at radius 2 is 1.96 bits per heavy atom. The highest BCUT2D eigenvalue weighted by atomic mass is 16.5. The van der Waals surface area contributed by atoms with Gasteiger partial charge in [-0.05, 0) is 37.6 Å². The van der Waals surface area contributed by atoms with Crippen molar-refractivity contribution in [3.05, 3.63) is 53.9 Å². The summed E-state index contributed by atoms with van der Waals surface area (Å²) in [6.45, 7) is 3.95. The Balaban J connectivity index is 2.13. The molecule has 2 rings (SSSR count). The van der Waals surface area contributed by atoms with E-state index in [2.05, 4.69) is 15.6 Å². The summed E-state index contributed by atoms with van der Waals surface area (Å²) >= 11 is 0. The summed E-state index contributed by atoms with van der Waals surface area (Å²) in [7, 11) is 1.34. The van der Waals surface area contributed by atoms with Crippen molar-refractivity contribution in [3.63, 3.8) is 0 Å². The lowest BCUT2D eigenvalue weighted by Gasteiger charge is -2.12. The molecule has 6 nitrogen and oxygen atoms in total. The van der Waals surface area contributed by atoms with Crippen molar-refractivity contribution < 1.29 is 14.3 Å². The van der Waals surface area contributed by atoms with Crippen LogP contribution in [0.2, 0.25) is 0 Å². The van der Waals surface area contributed by atoms with Crippen molar-refractivity contribution in [1.82, 2.24) is 10.3 Å². The normalized spacial score (nSPS) is 11.5. The Bertz CT molecular complexity index is 714. The van der Waals surface area contributed by atoms with Crippen LogP contribution >= 0.6 is 0 Å². The van der Waals surface area contributed by atoms with Gasteiger partial charge in [0.25, 0.3) is 5.91 Å². The fourth-order valence-corrected chi connectivity index (χ4v) is 2.04. The minimum atomic E-state index is -0.421. The fraction of sp³-hybridized carbons (Fsp3) is 0.278. The Morgan fingerprint density at radius 3 is 2.58 bits per heavy atom. The average molecular weight is 327 g/mol. The third-order valence-corrected chi connectivity index (χ3v) is 3.60. The lowest BCUT2D eigenvalue weighted by Crippen LogP contribution is -2.32. The predicted octanol–water partition coefficient (Wildman–Crippen LogP) is 3.14. The molecule has 2 aromatic rings. The lowest BCUT2D eigenvalue weighted by atomic mass is 10.1. The van der Waals surface area contributed by atoms with Gasteiger partial charge in [-0.3, -0.25) is 4.79 Å². The number of aromatic nitrogens is 1. The molecular formula is C18H21N3O3. The topological polar surface area (TPSA) is 80.3 Å². The summed E-state index contributed by atoms with van der Waals surface area (Å²) in [6, 6.07) is 10.5. The molecule has 1 aromatic heterocycles. The SMILES string of the molecule is CCC(C)NC(=O)c1ccc(Nc2ccccc2C(=O)OC)cn1. The maximum Gasteiger partial charge on any atom is 0.339 e. The number of carbonyl (C=O) groups excluding carboxylic acids is 2. The molecule has 1 heterocycles. The number of nitrogens with one attached hydrogen (secondary N) is 2. The van der Waals surface area contributed by atoms with Crippen LogP contribution in [-0.4, -0.2) is 30.0 Å². The molecule has 0 saturated carbocycles. The summed E-state index contributed by atoms with van der Waals surface area (Å²) in [5.74, 6) is -0.624. The molecule has 24 heavy (non-hydrogen) atoms. The molecular weight excluding hydrogens is 306 g/mol. The third kappa shape index (κ3) is 4.32. The Labute approximate surface area is 141 Å². The van der Waals surface area contributed by atoms with E-state index in [1.807, 2.05) is 19.9 Å². The second-order valence-corrected chi connectivity index (χ2v) is 5.38. The first-order chi connectivity index (χ1) is 11.5. The number of amides is 1. The first-order valence-corrected chi connectivity index (χ1v) is 7.76. The minimum Gasteiger partial charge on any atom is -0.465 e. The van der Waals surface area contributed by atoms with E-state index in [0.717, 1.165) is 6.42 Å². The highest BCUT2D eigenvalue weighted by Gasteiger charge is 2.12. The van der Waals surface area contributed by atoms with Gasteiger partial charge in [-0.25, -0.2) is 9.78 Å². The molecule has 0 spiro atoms. The van der Waals surface area contributed by atoms with Crippen LogP contribution in [0.1, 0.15) is 41.1 Å². The zero-order valence-electron chi connectivity index (χ0n) is 14.0. The van der Waals surface area contributed by atoms with Crippen LogP contribution in [0.15, 0.2) is 42.6 Å². The van der Waals surface area contributed by atoms with E-state index in [4.69, 9.17) is 4.74 Å². The highest BCUT2D eigenvalue weighted by molar-refractivity contribution is 5.96. The fourth-order valence-electron chi connectivity index (χ4n) is 2.04. The number of hydrogen-bond acceptors (Lipinski definition) is 5. The largest absolute Gasteiger partial charge is 0.465 e. The van der Waals surface area contributed by atoms with Crippen molar-refractivity contribution in [3.8, 4) is 0 Å². The first-order valence-electron chi connectivity index (χ1n) is 7.76. The minimum absolute atomic E-state index is 0.101. The first kappa shape index (κ1) is 17.5. The number of anilines is 2. The second-order valence-electron chi connectivity index (χ2n) is 5.38. The van der Waals surface area contributed by atoms with Gasteiger partial charge in [-0.2, -0.15) is 0 Å². The number of methoxy groups -OCH3 is 1. The lowest BCUT2D eigenvalue weighted by molar-refractivity contribution is 0.0601. The number of rotatable bonds is 6.